The minimum absolute atomic E-state index is 0.184. The Morgan fingerprint density at radius 2 is 1.77 bits per heavy atom. The fourth-order valence-corrected chi connectivity index (χ4v) is 2.49. The highest BCUT2D eigenvalue weighted by Crippen LogP contribution is 2.16. The van der Waals surface area contributed by atoms with E-state index < -0.39 is 0 Å². The molecule has 0 spiro atoms. The molecule has 0 saturated carbocycles. The molecular formula is C17H20N4O. The Morgan fingerprint density at radius 3 is 2.41 bits per heavy atom. The Kier molecular flexibility index (Phi) is 4.34. The van der Waals surface area contributed by atoms with Gasteiger partial charge in [-0.15, -0.1) is 0 Å². The number of anilines is 2. The number of nitrogens with zero attached hydrogens (tertiary/aromatic N) is 3. The van der Waals surface area contributed by atoms with Gasteiger partial charge in [0.05, 0.1) is 11.9 Å². The molecule has 1 amide bonds. The van der Waals surface area contributed by atoms with E-state index in [1.165, 1.54) is 0 Å². The molecule has 22 heavy (non-hydrogen) atoms. The predicted molar refractivity (Wildman–Crippen MR) is 88.3 cm³/mol. The molecule has 1 N–H and O–H groups in total. The lowest BCUT2D eigenvalue weighted by Crippen LogP contribution is -2.44. The van der Waals surface area contributed by atoms with Crippen LogP contribution in [-0.2, 0) is 0 Å². The number of nitrogens with one attached hydrogen (secondary N) is 1. The highest BCUT2D eigenvalue weighted by molar-refractivity contribution is 6.02. The summed E-state index contributed by atoms with van der Waals surface area (Å²) in [5.41, 5.74) is 2.28. The van der Waals surface area contributed by atoms with Crippen LogP contribution in [0.15, 0.2) is 48.7 Å². The predicted octanol–water partition coefficient (Wildman–Crippen LogP) is 2.09. The average molecular weight is 296 g/mol. The lowest BCUT2D eigenvalue weighted by molar-refractivity contribution is 0.102. The number of amides is 1. The number of piperazine rings is 1. The van der Waals surface area contributed by atoms with Gasteiger partial charge in [-0.05, 0) is 31.3 Å². The van der Waals surface area contributed by atoms with Gasteiger partial charge >= 0.3 is 0 Å². The van der Waals surface area contributed by atoms with Gasteiger partial charge in [0.1, 0.15) is 5.69 Å². The van der Waals surface area contributed by atoms with Crippen molar-refractivity contribution in [3.05, 3.63) is 54.4 Å². The zero-order chi connectivity index (χ0) is 15.4. The van der Waals surface area contributed by atoms with E-state index in [-0.39, 0.29) is 5.91 Å². The molecule has 2 aromatic rings. The van der Waals surface area contributed by atoms with Crippen molar-refractivity contribution in [1.82, 2.24) is 9.88 Å². The number of para-hydroxylation sites is 1. The molecule has 2 heterocycles. The molecule has 1 aromatic carbocycles. The summed E-state index contributed by atoms with van der Waals surface area (Å²) in [6.07, 6.45) is 1.78. The van der Waals surface area contributed by atoms with E-state index in [0.717, 1.165) is 37.6 Å². The second kappa shape index (κ2) is 6.58. The maximum atomic E-state index is 12.2. The first kappa shape index (κ1) is 14.5. The van der Waals surface area contributed by atoms with Gasteiger partial charge in [0.25, 0.3) is 5.91 Å². The minimum Gasteiger partial charge on any atom is -0.368 e. The Bertz CT molecular complexity index is 619. The van der Waals surface area contributed by atoms with Crippen LogP contribution in [0.4, 0.5) is 11.4 Å². The third-order valence-corrected chi connectivity index (χ3v) is 3.88. The average Bonchev–Trinajstić information content (AvgIpc) is 2.57. The summed E-state index contributed by atoms with van der Waals surface area (Å²) in [5, 5.41) is 2.84. The molecule has 1 aliphatic rings. The van der Waals surface area contributed by atoms with E-state index in [4.69, 9.17) is 0 Å². The molecule has 1 saturated heterocycles. The monoisotopic (exact) mass is 296 g/mol. The Labute approximate surface area is 130 Å². The highest BCUT2D eigenvalue weighted by atomic mass is 16.1. The Balaban J connectivity index is 1.65. The Morgan fingerprint density at radius 1 is 1.05 bits per heavy atom. The van der Waals surface area contributed by atoms with Gasteiger partial charge in [-0.1, -0.05) is 18.2 Å². The molecule has 1 aliphatic heterocycles. The number of hydrogen-bond acceptors (Lipinski definition) is 4. The van der Waals surface area contributed by atoms with Crippen LogP contribution < -0.4 is 10.2 Å². The second-order valence-corrected chi connectivity index (χ2v) is 5.51. The molecule has 5 nitrogen and oxygen atoms in total. The molecular weight excluding hydrogens is 276 g/mol. The third-order valence-electron chi connectivity index (χ3n) is 3.88. The first-order chi connectivity index (χ1) is 10.7. The van der Waals surface area contributed by atoms with Crippen molar-refractivity contribution in [2.45, 2.75) is 0 Å². The number of benzene rings is 1. The molecule has 0 atom stereocenters. The number of likely N-dealkylation sites (N-methyl/N-ethyl adjacent to an activating group) is 1. The lowest BCUT2D eigenvalue weighted by Gasteiger charge is -2.33. The third kappa shape index (κ3) is 3.43. The van der Waals surface area contributed by atoms with Gasteiger partial charge in [0.2, 0.25) is 0 Å². The zero-order valence-electron chi connectivity index (χ0n) is 12.7. The summed E-state index contributed by atoms with van der Waals surface area (Å²) in [6, 6.07) is 13.2. The van der Waals surface area contributed by atoms with Crippen LogP contribution in [0, 0.1) is 0 Å². The second-order valence-electron chi connectivity index (χ2n) is 5.51. The fourth-order valence-electron chi connectivity index (χ4n) is 2.49. The van der Waals surface area contributed by atoms with Gasteiger partial charge in [-0.25, -0.2) is 4.98 Å². The largest absolute Gasteiger partial charge is 0.368 e. The standard InChI is InChI=1S/C17H20N4O/c1-20-9-11-21(12-10-20)15-7-8-16(18-13-15)17(22)19-14-5-3-2-4-6-14/h2-8,13H,9-12H2,1H3,(H,19,22). The van der Waals surface area contributed by atoms with Crippen molar-refractivity contribution in [1.29, 1.82) is 0 Å². The zero-order valence-corrected chi connectivity index (χ0v) is 12.7. The SMILES string of the molecule is CN1CCN(c2ccc(C(=O)Nc3ccccc3)nc2)CC1. The molecule has 114 valence electrons. The van der Waals surface area contributed by atoms with Crippen molar-refractivity contribution in [3.63, 3.8) is 0 Å². The molecule has 0 radical (unpaired) electrons. The van der Waals surface area contributed by atoms with Crippen molar-refractivity contribution in [3.8, 4) is 0 Å². The van der Waals surface area contributed by atoms with E-state index in [1.807, 2.05) is 36.4 Å². The van der Waals surface area contributed by atoms with Crippen LogP contribution in [0.25, 0.3) is 0 Å². The van der Waals surface area contributed by atoms with Crippen LogP contribution in [0.1, 0.15) is 10.5 Å². The first-order valence-corrected chi connectivity index (χ1v) is 7.48. The molecule has 0 bridgehead atoms. The molecule has 1 aromatic heterocycles. The first-order valence-electron chi connectivity index (χ1n) is 7.48. The Hall–Kier alpha value is -2.40. The lowest BCUT2D eigenvalue weighted by atomic mass is 10.2. The molecule has 0 aliphatic carbocycles. The number of carbonyl (C=O) groups excluding carboxylic acids is 1. The number of rotatable bonds is 3. The van der Waals surface area contributed by atoms with Gasteiger partial charge in [-0.2, -0.15) is 0 Å². The van der Waals surface area contributed by atoms with Gasteiger partial charge in [0, 0.05) is 31.9 Å². The molecule has 3 rings (SSSR count). The summed E-state index contributed by atoms with van der Waals surface area (Å²) in [7, 11) is 2.13. The smallest absolute Gasteiger partial charge is 0.274 e. The normalized spacial score (nSPS) is 15.6. The molecule has 0 unspecified atom stereocenters. The summed E-state index contributed by atoms with van der Waals surface area (Å²) < 4.78 is 0. The van der Waals surface area contributed by atoms with E-state index in [2.05, 4.69) is 27.1 Å². The number of carbonyl (C=O) groups is 1. The van der Waals surface area contributed by atoms with Gasteiger partial charge in [0.15, 0.2) is 0 Å². The summed E-state index contributed by atoms with van der Waals surface area (Å²) >= 11 is 0. The highest BCUT2D eigenvalue weighted by Gasteiger charge is 2.15. The van der Waals surface area contributed by atoms with Crippen LogP contribution >= 0.6 is 0 Å². The van der Waals surface area contributed by atoms with Gasteiger partial charge in [-0.3, -0.25) is 4.79 Å². The number of aromatic nitrogens is 1. The number of pyridine rings is 1. The van der Waals surface area contributed by atoms with E-state index >= 15 is 0 Å². The topological polar surface area (TPSA) is 48.5 Å². The van der Waals surface area contributed by atoms with Gasteiger partial charge < -0.3 is 15.1 Å². The minimum atomic E-state index is -0.184. The summed E-state index contributed by atoms with van der Waals surface area (Å²) in [4.78, 5) is 21.1. The van der Waals surface area contributed by atoms with Crippen molar-refractivity contribution < 1.29 is 4.79 Å². The van der Waals surface area contributed by atoms with Crippen LogP contribution in [-0.4, -0.2) is 49.0 Å². The number of hydrogen-bond donors (Lipinski definition) is 1. The fraction of sp³-hybridized carbons (Fsp3) is 0.294. The van der Waals surface area contributed by atoms with E-state index in [1.54, 1.807) is 12.3 Å². The van der Waals surface area contributed by atoms with E-state index in [9.17, 15) is 4.79 Å². The maximum Gasteiger partial charge on any atom is 0.274 e. The quantitative estimate of drug-likeness (QED) is 0.942. The van der Waals surface area contributed by atoms with Crippen LogP contribution in [0.3, 0.4) is 0 Å². The maximum absolute atomic E-state index is 12.2. The van der Waals surface area contributed by atoms with Crippen molar-refractivity contribution >= 4 is 17.3 Å². The summed E-state index contributed by atoms with van der Waals surface area (Å²) in [5.74, 6) is -0.184. The summed E-state index contributed by atoms with van der Waals surface area (Å²) in [6.45, 7) is 4.09. The molecule has 5 heteroatoms. The van der Waals surface area contributed by atoms with E-state index in [0.29, 0.717) is 5.69 Å². The van der Waals surface area contributed by atoms with Crippen LogP contribution in [0.5, 0.6) is 0 Å². The van der Waals surface area contributed by atoms with Crippen LogP contribution in [0.2, 0.25) is 0 Å². The van der Waals surface area contributed by atoms with Crippen molar-refractivity contribution in [2.24, 2.45) is 0 Å². The molecule has 1 fully saturated rings. The van der Waals surface area contributed by atoms with Crippen molar-refractivity contribution in [2.75, 3.05) is 43.4 Å².